The first-order chi connectivity index (χ1) is 41.5. The van der Waals surface area contributed by atoms with Gasteiger partial charge in [-0.1, -0.05) is 302 Å². The fourth-order valence-electron chi connectivity index (χ4n) is 9.19. The Hall–Kier alpha value is -3.85. The number of esters is 2. The topological polar surface area (TPSA) is 111 Å². The van der Waals surface area contributed by atoms with Crippen LogP contribution in [0.2, 0.25) is 0 Å². The predicted molar refractivity (Wildman–Crippen MR) is 364 cm³/mol. The number of carbonyl (C=O) groups is 2. The lowest BCUT2D eigenvalue weighted by Gasteiger charge is -2.28. The number of nitrogens with zero attached hydrogens (tertiary/aromatic N) is 1. The van der Waals surface area contributed by atoms with Crippen molar-refractivity contribution in [2.75, 3.05) is 47.5 Å². The molecule has 2 atom stereocenters. The molecule has 85 heavy (non-hydrogen) atoms. The molecule has 0 saturated carbocycles. The highest BCUT2D eigenvalue weighted by Gasteiger charge is 2.22. The lowest BCUT2D eigenvalue weighted by Crippen LogP contribution is -2.37. The minimum absolute atomic E-state index is 0.0400. The molecule has 0 bridgehead atoms. The standard InChI is InChI=1S/C75H128NO8P/c1-6-8-10-12-14-16-18-20-22-24-26-28-30-31-32-33-34-35-36-37-38-39-40-41-42-43-44-45-46-48-50-52-54-56-58-60-62-64-66-68-75(78)84-73(72-83-85(79,80)82-70-69-76(3,4)5)71-81-74(77)67-65-63-61-59-57-55-53-51-49-47-29-27-25-23-21-19-17-15-13-11-9-7-2/h8,10,14,16,20,22,26,28,31-32,34-35,37-38,40-41,43-44,46,48,52,54,73H,6-7,9,11-13,15,17-19,21,23-25,27,29-30,33,36,39,42,45,47,49-51,53,55-72H2,1-5H3/b10-8-,16-14-,22-20-,28-26-,32-31-,35-34-,38-37-,41-40-,44-43-,48-46-,54-52-. The summed E-state index contributed by atoms with van der Waals surface area (Å²) >= 11 is 0. The maximum Gasteiger partial charge on any atom is 0.306 e. The van der Waals surface area contributed by atoms with Gasteiger partial charge in [0.2, 0.25) is 0 Å². The molecule has 0 fully saturated rings. The van der Waals surface area contributed by atoms with Crippen molar-refractivity contribution in [3.63, 3.8) is 0 Å². The average molecular weight is 1200 g/mol. The Morgan fingerprint density at radius 2 is 0.671 bits per heavy atom. The van der Waals surface area contributed by atoms with E-state index in [1.807, 2.05) is 21.1 Å². The normalized spacial score (nSPS) is 14.0. The number of quaternary nitrogens is 1. The first-order valence-electron chi connectivity index (χ1n) is 34.4. The number of hydrogen-bond donors (Lipinski definition) is 0. The molecular formula is C75H128NO8P. The third-order valence-electron chi connectivity index (χ3n) is 14.4. The van der Waals surface area contributed by atoms with Crippen molar-refractivity contribution in [1.29, 1.82) is 0 Å². The van der Waals surface area contributed by atoms with Crippen LogP contribution in [0.5, 0.6) is 0 Å². The fourth-order valence-corrected chi connectivity index (χ4v) is 9.92. The molecule has 0 aromatic rings. The SMILES string of the molecule is CC/C=C\C/C=C\C/C=C\C/C=C\C/C=C\C/C=C\C/C=C\C/C=C\C/C=C\C/C=C\C/C=C\CCCCCCCC(=O)OC(COC(=O)CCCCCCCCCCCCCCCCCCCCCCCC)COP(=O)([O-])OCC[N+](C)(C)C. The predicted octanol–water partition coefficient (Wildman–Crippen LogP) is 21.8. The molecule has 0 aliphatic carbocycles. The monoisotopic (exact) mass is 1200 g/mol. The van der Waals surface area contributed by atoms with E-state index in [2.05, 4.69) is 148 Å². The highest BCUT2D eigenvalue weighted by Crippen LogP contribution is 2.38. The Morgan fingerprint density at radius 1 is 0.376 bits per heavy atom. The van der Waals surface area contributed by atoms with Gasteiger partial charge in [0.05, 0.1) is 27.7 Å². The van der Waals surface area contributed by atoms with Crippen LogP contribution in [-0.4, -0.2) is 70.0 Å². The van der Waals surface area contributed by atoms with Gasteiger partial charge in [0.1, 0.15) is 19.8 Å². The van der Waals surface area contributed by atoms with Crippen LogP contribution in [0.15, 0.2) is 134 Å². The number of likely N-dealkylation sites (N-methyl/N-ethyl adjacent to an activating group) is 1. The van der Waals surface area contributed by atoms with Crippen LogP contribution in [0.3, 0.4) is 0 Å². The second-order valence-electron chi connectivity index (χ2n) is 23.8. The molecule has 2 unspecified atom stereocenters. The largest absolute Gasteiger partial charge is 0.756 e. The van der Waals surface area contributed by atoms with Gasteiger partial charge in [-0.3, -0.25) is 14.2 Å². The van der Waals surface area contributed by atoms with Crippen molar-refractivity contribution in [2.24, 2.45) is 0 Å². The molecule has 0 aliphatic rings. The Kier molecular flexibility index (Phi) is 61.7. The summed E-state index contributed by atoms with van der Waals surface area (Å²) in [5.41, 5.74) is 0. The molecule has 0 N–H and O–H groups in total. The van der Waals surface area contributed by atoms with Gasteiger partial charge in [-0.05, 0) is 96.3 Å². The summed E-state index contributed by atoms with van der Waals surface area (Å²) in [5.74, 6) is -0.854. The number of carbonyl (C=O) groups excluding carboxylic acids is 2. The van der Waals surface area contributed by atoms with Crippen molar-refractivity contribution in [1.82, 2.24) is 0 Å². The first kappa shape index (κ1) is 81.2. The van der Waals surface area contributed by atoms with Gasteiger partial charge < -0.3 is 27.9 Å². The van der Waals surface area contributed by atoms with E-state index in [1.54, 1.807) is 0 Å². The molecule has 0 amide bonds. The fraction of sp³-hybridized carbons (Fsp3) is 0.680. The van der Waals surface area contributed by atoms with E-state index in [1.165, 1.54) is 122 Å². The molecule has 0 radical (unpaired) electrons. The summed E-state index contributed by atoms with van der Waals surface area (Å²) in [5, 5.41) is 0. The van der Waals surface area contributed by atoms with Crippen LogP contribution in [0.1, 0.15) is 277 Å². The molecular weight excluding hydrogens is 1070 g/mol. The molecule has 0 aliphatic heterocycles. The van der Waals surface area contributed by atoms with E-state index in [-0.39, 0.29) is 32.0 Å². The number of ether oxygens (including phenoxy) is 2. The van der Waals surface area contributed by atoms with E-state index in [4.69, 9.17) is 18.5 Å². The van der Waals surface area contributed by atoms with Gasteiger partial charge >= 0.3 is 11.9 Å². The summed E-state index contributed by atoms with van der Waals surface area (Å²) in [6, 6.07) is 0. The third-order valence-corrected chi connectivity index (χ3v) is 15.4. The summed E-state index contributed by atoms with van der Waals surface area (Å²) in [7, 11) is 1.14. The van der Waals surface area contributed by atoms with Crippen molar-refractivity contribution >= 4 is 19.8 Å². The van der Waals surface area contributed by atoms with Gasteiger partial charge in [0.25, 0.3) is 7.82 Å². The van der Waals surface area contributed by atoms with Gasteiger partial charge in [-0.25, -0.2) is 0 Å². The number of rotatable bonds is 62. The quantitative estimate of drug-likeness (QED) is 0.0195. The van der Waals surface area contributed by atoms with E-state index < -0.39 is 26.5 Å². The van der Waals surface area contributed by atoms with Crippen molar-refractivity contribution in [3.8, 4) is 0 Å². The van der Waals surface area contributed by atoms with Crippen molar-refractivity contribution in [2.45, 2.75) is 283 Å². The first-order valence-corrected chi connectivity index (χ1v) is 35.9. The van der Waals surface area contributed by atoms with Crippen LogP contribution >= 0.6 is 7.82 Å². The average Bonchev–Trinajstić information content (AvgIpc) is 3.50. The lowest BCUT2D eigenvalue weighted by molar-refractivity contribution is -0.870. The van der Waals surface area contributed by atoms with E-state index in [0.29, 0.717) is 17.4 Å². The summed E-state index contributed by atoms with van der Waals surface area (Å²) in [6.07, 6.45) is 93.8. The maximum atomic E-state index is 12.8. The minimum atomic E-state index is -4.65. The van der Waals surface area contributed by atoms with Crippen LogP contribution in [0.25, 0.3) is 0 Å². The zero-order chi connectivity index (χ0) is 61.9. The lowest BCUT2D eigenvalue weighted by atomic mass is 10.0. The maximum absolute atomic E-state index is 12.8. The van der Waals surface area contributed by atoms with Crippen LogP contribution in [0, 0.1) is 0 Å². The van der Waals surface area contributed by atoms with E-state index >= 15 is 0 Å². The number of phosphoric acid groups is 1. The van der Waals surface area contributed by atoms with E-state index in [0.717, 1.165) is 122 Å². The Balaban J connectivity index is 4.16. The number of allylic oxidation sites excluding steroid dienone is 22. The minimum Gasteiger partial charge on any atom is -0.756 e. The Labute approximate surface area is 523 Å². The molecule has 0 aromatic carbocycles. The van der Waals surface area contributed by atoms with Gasteiger partial charge in [-0.15, -0.1) is 0 Å². The Morgan fingerprint density at radius 3 is 1.00 bits per heavy atom. The second kappa shape index (κ2) is 64.6. The molecule has 0 saturated heterocycles. The molecule has 0 heterocycles. The van der Waals surface area contributed by atoms with Gasteiger partial charge in [-0.2, -0.15) is 0 Å². The smallest absolute Gasteiger partial charge is 0.306 e. The second-order valence-corrected chi connectivity index (χ2v) is 25.2. The summed E-state index contributed by atoms with van der Waals surface area (Å²) in [4.78, 5) is 38.0. The summed E-state index contributed by atoms with van der Waals surface area (Å²) in [6.45, 7) is 4.12. The van der Waals surface area contributed by atoms with Crippen molar-refractivity contribution in [3.05, 3.63) is 134 Å². The van der Waals surface area contributed by atoms with Crippen LogP contribution in [0.4, 0.5) is 0 Å². The zero-order valence-electron chi connectivity index (χ0n) is 55.3. The highest BCUT2D eigenvalue weighted by atomic mass is 31.2. The number of hydrogen-bond acceptors (Lipinski definition) is 8. The molecule has 0 rings (SSSR count). The van der Waals surface area contributed by atoms with Crippen LogP contribution in [-0.2, 0) is 32.7 Å². The molecule has 10 heteroatoms. The van der Waals surface area contributed by atoms with Crippen molar-refractivity contribution < 1.29 is 42.1 Å². The Bertz CT molecular complexity index is 1900. The van der Waals surface area contributed by atoms with Gasteiger partial charge in [0.15, 0.2) is 6.10 Å². The molecule has 0 spiro atoms. The van der Waals surface area contributed by atoms with Gasteiger partial charge in [0, 0.05) is 12.8 Å². The molecule has 486 valence electrons. The molecule has 0 aromatic heterocycles. The van der Waals surface area contributed by atoms with Crippen LogP contribution < -0.4 is 4.89 Å². The third kappa shape index (κ3) is 69.1. The zero-order valence-corrected chi connectivity index (χ0v) is 56.2. The number of unbranched alkanes of at least 4 members (excludes halogenated alkanes) is 26. The highest BCUT2D eigenvalue weighted by molar-refractivity contribution is 7.45. The van der Waals surface area contributed by atoms with E-state index in [9.17, 15) is 19.0 Å². The summed E-state index contributed by atoms with van der Waals surface area (Å²) < 4.78 is 34.3. The number of phosphoric ester groups is 1. The molecule has 9 nitrogen and oxygen atoms in total.